The van der Waals surface area contributed by atoms with Crippen molar-refractivity contribution in [3.05, 3.63) is 233 Å². The summed E-state index contributed by atoms with van der Waals surface area (Å²) >= 11 is 0. The van der Waals surface area contributed by atoms with Gasteiger partial charge in [0.05, 0.1) is 5.41 Å². The van der Waals surface area contributed by atoms with Crippen LogP contribution >= 0.6 is 0 Å². The van der Waals surface area contributed by atoms with Crippen LogP contribution in [0.15, 0.2) is 188 Å². The van der Waals surface area contributed by atoms with Crippen molar-refractivity contribution in [2.24, 2.45) is 5.92 Å². The summed E-state index contributed by atoms with van der Waals surface area (Å²) in [5, 5.41) is 0. The Balaban J connectivity index is 0.000000142. The van der Waals surface area contributed by atoms with Crippen molar-refractivity contribution in [2.45, 2.75) is 45.4 Å². The van der Waals surface area contributed by atoms with Crippen LogP contribution in [-0.2, 0) is 11.8 Å². The Morgan fingerprint density at radius 1 is 0.450 bits per heavy atom. The van der Waals surface area contributed by atoms with Crippen LogP contribution in [-0.4, -0.2) is 15.0 Å². The molecule has 8 aromatic rings. The molecule has 4 aliphatic rings. The van der Waals surface area contributed by atoms with Crippen LogP contribution in [0.4, 0.5) is 0 Å². The third-order valence-corrected chi connectivity index (χ3v) is 12.8. The summed E-state index contributed by atoms with van der Waals surface area (Å²) in [5.74, 6) is 2.94. The largest absolute Gasteiger partial charge is 0.213 e. The average Bonchev–Trinajstić information content (AvgIpc) is 3.94. The van der Waals surface area contributed by atoms with Gasteiger partial charge in [-0.05, 0) is 92.6 Å². The SMILES string of the molecule is C1=CC2c3c(ccc4c3Cc3ccccc3-4)C3(c4ccccc4-c4ccccc43)C2C=C1.CC.Cc1nc(-c2ccccc2)nc(-c2ccccc2-c2ccccc2C)n1. The van der Waals surface area contributed by atoms with Gasteiger partial charge >= 0.3 is 0 Å². The lowest BCUT2D eigenvalue weighted by molar-refractivity contribution is 0.465. The zero-order valence-electron chi connectivity index (χ0n) is 34.6. The second kappa shape index (κ2) is 15.3. The van der Waals surface area contributed by atoms with Crippen molar-refractivity contribution in [1.29, 1.82) is 0 Å². The average molecular weight is 774 g/mol. The molecular weight excluding hydrogens is 727 g/mol. The maximum atomic E-state index is 4.77. The standard InChI is InChI=1S/C32H22.C23H19N3.C2H6/c1-2-10-21-20(9-1)19-26-22(21)17-18-30-31(26)25-13-5-8-16-29(25)32(30)27-14-6-3-11-23(27)24-12-4-7-15-28(24)32;1-16-10-6-7-13-19(16)20-14-8-9-15-21(20)23-25-17(2)24-22(26-23)18-11-4-3-5-12-18;1-2/h1-18,25,29H,19H2;3-15H,1-2H3;1-2H3. The van der Waals surface area contributed by atoms with Crippen LogP contribution in [0.3, 0.4) is 0 Å². The zero-order valence-corrected chi connectivity index (χ0v) is 34.6. The van der Waals surface area contributed by atoms with Crippen molar-refractivity contribution in [2.75, 3.05) is 0 Å². The van der Waals surface area contributed by atoms with E-state index in [0.29, 0.717) is 29.3 Å². The molecule has 2 unspecified atom stereocenters. The van der Waals surface area contributed by atoms with E-state index < -0.39 is 0 Å². The topological polar surface area (TPSA) is 38.7 Å². The van der Waals surface area contributed by atoms with Gasteiger partial charge in [-0.25, -0.2) is 15.0 Å². The molecule has 0 bridgehead atoms. The van der Waals surface area contributed by atoms with Gasteiger partial charge in [0, 0.05) is 23.0 Å². The van der Waals surface area contributed by atoms with E-state index >= 15 is 0 Å². The van der Waals surface area contributed by atoms with Gasteiger partial charge in [-0.15, -0.1) is 0 Å². The molecule has 1 spiro atoms. The predicted molar refractivity (Wildman–Crippen MR) is 248 cm³/mol. The monoisotopic (exact) mass is 773 g/mol. The number of hydrogen-bond acceptors (Lipinski definition) is 3. The predicted octanol–water partition coefficient (Wildman–Crippen LogP) is 13.9. The molecular formula is C57H47N3. The summed E-state index contributed by atoms with van der Waals surface area (Å²) in [7, 11) is 0. The van der Waals surface area contributed by atoms with Gasteiger partial charge in [-0.2, -0.15) is 0 Å². The van der Waals surface area contributed by atoms with E-state index in [0.717, 1.165) is 23.1 Å². The number of hydrogen-bond donors (Lipinski definition) is 0. The Bertz CT molecular complexity index is 2930. The number of allylic oxidation sites excluding steroid dienone is 4. The molecule has 0 saturated heterocycles. The number of rotatable bonds is 3. The number of fused-ring (bicyclic) bond motifs is 14. The molecule has 4 aliphatic carbocycles. The Morgan fingerprint density at radius 3 is 1.73 bits per heavy atom. The summed E-state index contributed by atoms with van der Waals surface area (Å²) in [6, 6.07) is 58.8. The quantitative estimate of drug-likeness (QED) is 0.179. The number of aromatic nitrogens is 3. The van der Waals surface area contributed by atoms with Crippen LogP contribution in [0.5, 0.6) is 0 Å². The van der Waals surface area contributed by atoms with Crippen molar-refractivity contribution in [1.82, 2.24) is 15.0 Å². The Morgan fingerprint density at radius 2 is 1.02 bits per heavy atom. The van der Waals surface area contributed by atoms with Crippen LogP contribution in [0.25, 0.3) is 56.2 Å². The van der Waals surface area contributed by atoms with Crippen molar-refractivity contribution in [3.8, 4) is 56.2 Å². The molecule has 12 rings (SSSR count). The van der Waals surface area contributed by atoms with E-state index in [1.165, 1.54) is 55.6 Å². The molecule has 3 heteroatoms. The summed E-state index contributed by atoms with van der Waals surface area (Å²) < 4.78 is 0. The molecule has 2 atom stereocenters. The Kier molecular flexibility index (Phi) is 9.53. The van der Waals surface area contributed by atoms with Crippen LogP contribution < -0.4 is 0 Å². The highest BCUT2D eigenvalue weighted by atomic mass is 15.0. The van der Waals surface area contributed by atoms with Gasteiger partial charge in [0.25, 0.3) is 0 Å². The minimum absolute atomic E-state index is 0.113. The fraction of sp³-hybridized carbons (Fsp3) is 0.140. The summed E-state index contributed by atoms with van der Waals surface area (Å²) in [6.07, 6.45) is 10.5. The van der Waals surface area contributed by atoms with Crippen molar-refractivity contribution >= 4 is 0 Å². The maximum absolute atomic E-state index is 4.77. The fourth-order valence-corrected chi connectivity index (χ4v) is 10.5. The first-order chi connectivity index (χ1) is 29.6. The zero-order chi connectivity index (χ0) is 40.8. The van der Waals surface area contributed by atoms with E-state index in [4.69, 9.17) is 4.98 Å². The van der Waals surface area contributed by atoms with E-state index in [1.807, 2.05) is 57.2 Å². The van der Waals surface area contributed by atoms with E-state index in [2.05, 4.69) is 169 Å². The summed E-state index contributed by atoms with van der Waals surface area (Å²) in [4.78, 5) is 13.9. The lowest BCUT2D eigenvalue weighted by Gasteiger charge is -2.36. The van der Waals surface area contributed by atoms with Gasteiger partial charge in [-0.3, -0.25) is 0 Å². The summed E-state index contributed by atoms with van der Waals surface area (Å²) in [5.41, 5.74) is 20.2. The van der Waals surface area contributed by atoms with Crippen LogP contribution in [0, 0.1) is 19.8 Å². The highest BCUT2D eigenvalue weighted by Gasteiger charge is 2.57. The molecule has 3 nitrogen and oxygen atoms in total. The lowest BCUT2D eigenvalue weighted by atomic mass is 9.65. The van der Waals surface area contributed by atoms with Gasteiger partial charge in [0.1, 0.15) is 5.82 Å². The maximum Gasteiger partial charge on any atom is 0.164 e. The van der Waals surface area contributed by atoms with E-state index in [9.17, 15) is 0 Å². The molecule has 0 aliphatic heterocycles. The van der Waals surface area contributed by atoms with Gasteiger partial charge in [-0.1, -0.05) is 202 Å². The fourth-order valence-electron chi connectivity index (χ4n) is 10.5. The molecule has 0 amide bonds. The number of benzene rings is 7. The molecule has 7 aromatic carbocycles. The first-order valence-electron chi connectivity index (χ1n) is 21.3. The summed E-state index contributed by atoms with van der Waals surface area (Å²) in [6.45, 7) is 8.04. The normalized spacial score (nSPS) is 16.3. The molecule has 0 N–H and O–H groups in total. The van der Waals surface area contributed by atoms with E-state index in [1.54, 1.807) is 11.1 Å². The second-order valence-electron chi connectivity index (χ2n) is 15.9. The van der Waals surface area contributed by atoms with Gasteiger partial charge in [0.15, 0.2) is 11.6 Å². The minimum atomic E-state index is -0.113. The molecule has 60 heavy (non-hydrogen) atoms. The first kappa shape index (κ1) is 37.3. The smallest absolute Gasteiger partial charge is 0.164 e. The minimum Gasteiger partial charge on any atom is -0.213 e. The molecule has 1 heterocycles. The van der Waals surface area contributed by atoms with Crippen molar-refractivity contribution < 1.29 is 0 Å². The molecule has 0 fully saturated rings. The Hall–Kier alpha value is -6.97. The number of aryl methyl sites for hydroxylation is 2. The van der Waals surface area contributed by atoms with Crippen molar-refractivity contribution in [3.63, 3.8) is 0 Å². The van der Waals surface area contributed by atoms with Gasteiger partial charge in [0.2, 0.25) is 0 Å². The number of nitrogens with zero attached hydrogens (tertiary/aromatic N) is 3. The first-order valence-corrected chi connectivity index (χ1v) is 21.3. The van der Waals surface area contributed by atoms with Crippen LogP contribution in [0.1, 0.15) is 64.5 Å². The molecule has 0 radical (unpaired) electrons. The highest BCUT2D eigenvalue weighted by molar-refractivity contribution is 5.88. The van der Waals surface area contributed by atoms with E-state index in [-0.39, 0.29) is 5.41 Å². The molecule has 1 aromatic heterocycles. The Labute approximate surface area is 353 Å². The molecule has 290 valence electrons. The van der Waals surface area contributed by atoms with Gasteiger partial charge < -0.3 is 0 Å². The second-order valence-corrected chi connectivity index (χ2v) is 15.9. The third kappa shape index (κ3) is 5.83. The lowest BCUT2D eigenvalue weighted by Crippen LogP contribution is -2.32. The third-order valence-electron chi connectivity index (χ3n) is 12.8. The highest BCUT2D eigenvalue weighted by Crippen LogP contribution is 2.66. The van der Waals surface area contributed by atoms with Crippen LogP contribution in [0.2, 0.25) is 0 Å². The molecule has 0 saturated carbocycles.